The Morgan fingerprint density at radius 1 is 1.00 bits per heavy atom. The van der Waals surface area contributed by atoms with Gasteiger partial charge in [-0.3, -0.25) is 14.4 Å². The number of hydrogen-bond acceptors (Lipinski definition) is 8. The molecule has 11 heteroatoms. The molecule has 5 aliphatic rings. The Balaban J connectivity index is 1.27. The molecule has 0 spiro atoms. The SMILES string of the molecule is CNCCn1c(-c2ccc(F)cc2)nnc1[C@@]12CC[C@]3(C)[C@](N)(CC[C@@H]4[C@@]5(C)CC[C@H](OC(=O)CC(C)(C)C(=O)O)C(C)(C)[C@@H]5CC[C@]43C)C1=C(C(C)C)C(=O)C2. The molecular weight excluding hydrogens is 722 g/mol. The highest BCUT2D eigenvalue weighted by Crippen LogP contribution is 2.77. The second-order valence-electron chi connectivity index (χ2n) is 20.8. The lowest BCUT2D eigenvalue weighted by atomic mass is 9.31. The fourth-order valence-electron chi connectivity index (χ4n) is 13.8. The number of likely N-dealkylation sites (N-methyl/N-ethyl adjacent to an activating group) is 1. The van der Waals surface area contributed by atoms with Crippen LogP contribution in [0, 0.1) is 50.6 Å². The summed E-state index contributed by atoms with van der Waals surface area (Å²) in [6.45, 7) is 20.5. The fourth-order valence-corrected chi connectivity index (χ4v) is 13.8. The van der Waals surface area contributed by atoms with E-state index >= 15 is 0 Å². The molecule has 312 valence electrons. The van der Waals surface area contributed by atoms with Gasteiger partial charge in [0.2, 0.25) is 0 Å². The predicted octanol–water partition coefficient (Wildman–Crippen LogP) is 8.03. The van der Waals surface area contributed by atoms with Gasteiger partial charge in [0, 0.05) is 36.0 Å². The number of aromatic nitrogens is 3. The molecule has 4 saturated carbocycles. The van der Waals surface area contributed by atoms with Gasteiger partial charge in [-0.1, -0.05) is 48.5 Å². The lowest BCUT2D eigenvalue weighted by molar-refractivity contribution is -0.235. The van der Waals surface area contributed by atoms with E-state index in [2.05, 4.69) is 58.4 Å². The molecule has 8 atom stereocenters. The molecule has 1 aromatic heterocycles. The van der Waals surface area contributed by atoms with Crippen molar-refractivity contribution in [1.29, 1.82) is 0 Å². The number of aliphatic carboxylic acids is 1. The quantitative estimate of drug-likeness (QED) is 0.204. The zero-order valence-corrected chi connectivity index (χ0v) is 36.0. The van der Waals surface area contributed by atoms with Gasteiger partial charge in [-0.15, -0.1) is 10.2 Å². The Labute approximate surface area is 338 Å². The number of nitrogens with two attached hydrogens (primary N) is 1. The lowest BCUT2D eigenvalue weighted by Gasteiger charge is -2.74. The van der Waals surface area contributed by atoms with Gasteiger partial charge >= 0.3 is 11.9 Å². The minimum absolute atomic E-state index is 0.0129. The first-order valence-electron chi connectivity index (χ1n) is 21.4. The van der Waals surface area contributed by atoms with Crippen molar-refractivity contribution in [2.45, 2.75) is 150 Å². The van der Waals surface area contributed by atoms with E-state index in [1.54, 1.807) is 26.0 Å². The number of nitrogens with one attached hydrogen (secondary N) is 1. The molecule has 0 unspecified atom stereocenters. The van der Waals surface area contributed by atoms with E-state index in [4.69, 9.17) is 20.7 Å². The number of rotatable bonds is 10. The first kappa shape index (κ1) is 41.7. The third-order valence-corrected chi connectivity index (χ3v) is 17.0. The summed E-state index contributed by atoms with van der Waals surface area (Å²) in [6, 6.07) is 6.38. The summed E-state index contributed by atoms with van der Waals surface area (Å²) < 4.78 is 22.4. The highest BCUT2D eigenvalue weighted by atomic mass is 19.1. The number of ether oxygens (including phenoxy) is 1. The summed E-state index contributed by atoms with van der Waals surface area (Å²) >= 11 is 0. The molecular formula is C46H66FN5O5. The van der Waals surface area contributed by atoms with E-state index in [1.165, 1.54) is 12.1 Å². The van der Waals surface area contributed by atoms with Crippen molar-refractivity contribution < 1.29 is 28.6 Å². The number of carboxylic acids is 1. The minimum atomic E-state index is -1.19. The van der Waals surface area contributed by atoms with Crippen LogP contribution in [-0.4, -0.2) is 62.8 Å². The van der Waals surface area contributed by atoms with Gasteiger partial charge in [0.25, 0.3) is 0 Å². The molecule has 0 amide bonds. The maximum absolute atomic E-state index is 14.5. The Bertz CT molecular complexity index is 1990. The first-order chi connectivity index (χ1) is 26.5. The molecule has 0 radical (unpaired) electrons. The van der Waals surface area contributed by atoms with E-state index in [9.17, 15) is 23.9 Å². The summed E-state index contributed by atoms with van der Waals surface area (Å²) in [5.41, 5.74) is 7.44. The number of benzene rings is 1. The van der Waals surface area contributed by atoms with Crippen LogP contribution >= 0.6 is 0 Å². The van der Waals surface area contributed by atoms with Gasteiger partial charge in [0.05, 0.1) is 17.3 Å². The molecule has 5 aliphatic carbocycles. The van der Waals surface area contributed by atoms with Crippen molar-refractivity contribution in [2.24, 2.45) is 50.6 Å². The van der Waals surface area contributed by atoms with Crippen LogP contribution in [0.15, 0.2) is 35.4 Å². The van der Waals surface area contributed by atoms with Gasteiger partial charge < -0.3 is 25.5 Å². The number of nitrogens with zero attached hydrogens (tertiary/aromatic N) is 3. The van der Waals surface area contributed by atoms with Crippen LogP contribution in [0.4, 0.5) is 4.39 Å². The van der Waals surface area contributed by atoms with Gasteiger partial charge in [-0.05, 0) is 142 Å². The van der Waals surface area contributed by atoms with E-state index in [0.29, 0.717) is 37.2 Å². The van der Waals surface area contributed by atoms with E-state index < -0.39 is 28.3 Å². The van der Waals surface area contributed by atoms with Gasteiger partial charge in [0.1, 0.15) is 17.7 Å². The third-order valence-electron chi connectivity index (χ3n) is 17.0. The van der Waals surface area contributed by atoms with E-state index in [1.807, 2.05) is 7.05 Å². The largest absolute Gasteiger partial charge is 0.481 e. The zero-order valence-electron chi connectivity index (χ0n) is 36.0. The number of esters is 1. The normalized spacial score (nSPS) is 36.0. The summed E-state index contributed by atoms with van der Waals surface area (Å²) in [4.78, 5) is 39.5. The second kappa shape index (κ2) is 13.8. The Hall–Kier alpha value is -3.44. The number of fused-ring (bicyclic) bond motifs is 7. The Morgan fingerprint density at radius 2 is 1.67 bits per heavy atom. The molecule has 0 saturated heterocycles. The van der Waals surface area contributed by atoms with Gasteiger partial charge in [0.15, 0.2) is 11.6 Å². The molecule has 57 heavy (non-hydrogen) atoms. The average Bonchev–Trinajstić information content (AvgIpc) is 3.69. The molecule has 1 aromatic carbocycles. The molecule has 4 N–H and O–H groups in total. The maximum atomic E-state index is 14.5. The number of carboxylic acid groups (broad SMARTS) is 1. The van der Waals surface area contributed by atoms with Crippen LogP contribution in [0.1, 0.15) is 132 Å². The second-order valence-corrected chi connectivity index (χ2v) is 20.8. The number of carbonyl (C=O) groups excluding carboxylic acids is 2. The summed E-state index contributed by atoms with van der Waals surface area (Å²) in [7, 11) is 1.92. The number of hydrogen-bond donors (Lipinski definition) is 3. The topological polar surface area (TPSA) is 149 Å². The van der Waals surface area contributed by atoms with Crippen molar-refractivity contribution in [3.8, 4) is 11.4 Å². The van der Waals surface area contributed by atoms with Crippen molar-refractivity contribution in [2.75, 3.05) is 13.6 Å². The number of carbonyl (C=O) groups is 3. The van der Waals surface area contributed by atoms with Crippen molar-refractivity contribution in [3.63, 3.8) is 0 Å². The van der Waals surface area contributed by atoms with Crippen LogP contribution in [0.5, 0.6) is 0 Å². The number of allylic oxidation sites excluding steroid dienone is 1. The maximum Gasteiger partial charge on any atom is 0.309 e. The standard InChI is InChI=1S/C46H66FN5O5/c1-27(2)35-30(53)25-45(38-51-50-37(52(38)24-23-49-10)28-11-13-29(47)14-12-28)22-21-44(9)43(8)19-15-31-41(5,6)33(57-34(54)26-40(3,4)39(55)56)17-18-42(31,7)32(43)16-20-46(44,48)36(35)45/h11-14,27,31-33,49H,15-26,48H2,1-10H3,(H,55,56)/t31-,32+,33-,42-,43+,44-,45+,46-/m0/s1. The minimum Gasteiger partial charge on any atom is -0.481 e. The highest BCUT2D eigenvalue weighted by molar-refractivity contribution is 6.02. The Kier molecular flexibility index (Phi) is 10.1. The smallest absolute Gasteiger partial charge is 0.309 e. The third kappa shape index (κ3) is 5.93. The predicted molar refractivity (Wildman–Crippen MR) is 217 cm³/mol. The highest BCUT2D eigenvalue weighted by Gasteiger charge is 2.74. The first-order valence-corrected chi connectivity index (χ1v) is 21.4. The lowest BCUT2D eigenvalue weighted by Crippen LogP contribution is -2.74. The molecule has 2 aromatic rings. The molecule has 7 rings (SSSR count). The van der Waals surface area contributed by atoms with Crippen LogP contribution in [0.2, 0.25) is 0 Å². The van der Waals surface area contributed by atoms with Crippen molar-refractivity contribution in [3.05, 3.63) is 47.1 Å². The fraction of sp³-hybridized carbons (Fsp3) is 0.717. The summed E-state index contributed by atoms with van der Waals surface area (Å²) in [5.74, 6) is 0.491. The number of halogens is 1. The van der Waals surface area contributed by atoms with Crippen molar-refractivity contribution in [1.82, 2.24) is 20.1 Å². The average molecular weight is 788 g/mol. The molecule has 1 heterocycles. The van der Waals surface area contributed by atoms with E-state index in [-0.39, 0.29) is 51.7 Å². The number of ketones is 1. The number of Topliss-reactive ketones (excluding diaryl/α,β-unsaturated/α-hetero) is 1. The molecule has 0 bridgehead atoms. The van der Waals surface area contributed by atoms with Crippen molar-refractivity contribution >= 4 is 17.7 Å². The van der Waals surface area contributed by atoms with Gasteiger partial charge in [-0.2, -0.15) is 0 Å². The monoisotopic (exact) mass is 788 g/mol. The molecule has 0 aliphatic heterocycles. The van der Waals surface area contributed by atoms with Gasteiger partial charge in [-0.25, -0.2) is 4.39 Å². The van der Waals surface area contributed by atoms with Crippen LogP contribution in [0.3, 0.4) is 0 Å². The summed E-state index contributed by atoms with van der Waals surface area (Å²) in [5, 5.41) is 22.7. The van der Waals surface area contributed by atoms with Crippen LogP contribution in [0.25, 0.3) is 11.4 Å². The molecule has 4 fully saturated rings. The van der Waals surface area contributed by atoms with E-state index in [0.717, 1.165) is 73.9 Å². The Morgan fingerprint density at radius 3 is 2.30 bits per heavy atom. The zero-order chi connectivity index (χ0) is 41.7. The van der Waals surface area contributed by atoms with Crippen LogP contribution < -0.4 is 11.1 Å². The van der Waals surface area contributed by atoms with Crippen LogP contribution in [-0.2, 0) is 31.1 Å². The molecule has 10 nitrogen and oxygen atoms in total. The summed E-state index contributed by atoms with van der Waals surface area (Å²) in [6.07, 6.45) is 6.72.